The molecule has 2 aliphatic heterocycles. The Kier molecular flexibility index (Phi) is 7.42. The minimum atomic E-state index is -4.33. The number of carbonyl (C=O) groups is 2. The number of nitrogens with zero attached hydrogens (tertiary/aromatic N) is 2. The van der Waals surface area contributed by atoms with E-state index >= 15 is 0 Å². The second-order valence-electron chi connectivity index (χ2n) is 10.3. The molecular weight excluding hydrogens is 567 g/mol. The van der Waals surface area contributed by atoms with Crippen molar-refractivity contribution in [1.29, 1.82) is 0 Å². The molecule has 2 fully saturated rings. The fourth-order valence-electron chi connectivity index (χ4n) is 5.63. The smallest absolute Gasteiger partial charge is 0.287 e. The van der Waals surface area contributed by atoms with Gasteiger partial charge in [-0.1, -0.05) is 31.4 Å². The van der Waals surface area contributed by atoms with Crippen LogP contribution in [0.4, 0.5) is 9.39 Å². The molecule has 1 aliphatic carbocycles. The number of carbonyl (C=O) groups excluding carboxylic acids is 2. The first-order valence-corrected chi connectivity index (χ1v) is 16.8. The van der Waals surface area contributed by atoms with Crippen molar-refractivity contribution in [3.8, 4) is 0 Å². The summed E-state index contributed by atoms with van der Waals surface area (Å²) in [6.45, 7) is 1.56. The highest BCUT2D eigenvalue weighted by Crippen LogP contribution is 2.41. The van der Waals surface area contributed by atoms with Gasteiger partial charge in [0, 0.05) is 30.6 Å². The zero-order chi connectivity index (χ0) is 28.1. The van der Waals surface area contributed by atoms with Crippen LogP contribution < -0.4 is 10.0 Å². The van der Waals surface area contributed by atoms with Crippen LogP contribution in [0.15, 0.2) is 32.9 Å². The van der Waals surface area contributed by atoms with Crippen molar-refractivity contribution in [3.63, 3.8) is 0 Å². The van der Waals surface area contributed by atoms with Crippen molar-refractivity contribution in [1.82, 2.24) is 9.62 Å². The molecule has 2 N–H and O–H groups in total. The minimum absolute atomic E-state index is 0.163. The van der Waals surface area contributed by atoms with Crippen molar-refractivity contribution < 1.29 is 30.8 Å². The first kappa shape index (κ1) is 27.9. The van der Waals surface area contributed by atoms with Crippen LogP contribution in [0.1, 0.15) is 48.8 Å². The molecule has 1 saturated carbocycles. The molecule has 2 aromatic rings. The predicted octanol–water partition coefficient (Wildman–Crippen LogP) is 2.93. The van der Waals surface area contributed by atoms with Crippen LogP contribution >= 0.6 is 11.3 Å². The Morgan fingerprint density at radius 1 is 1.21 bits per heavy atom. The number of anilines is 1. The van der Waals surface area contributed by atoms with Crippen LogP contribution in [0.3, 0.4) is 0 Å². The lowest BCUT2D eigenvalue weighted by Crippen LogP contribution is -2.59. The maximum atomic E-state index is 13.9. The maximum Gasteiger partial charge on any atom is 0.287 e. The number of amides is 1. The van der Waals surface area contributed by atoms with E-state index in [-0.39, 0.29) is 52.0 Å². The summed E-state index contributed by atoms with van der Waals surface area (Å²) in [5.41, 5.74) is 1.38. The number of likely N-dealkylation sites (tertiary alicyclic amines) is 1. The normalized spacial score (nSPS) is 24.8. The number of piperidine rings is 1. The van der Waals surface area contributed by atoms with Crippen LogP contribution in [0.2, 0.25) is 0 Å². The maximum absolute atomic E-state index is 13.9. The summed E-state index contributed by atoms with van der Waals surface area (Å²) in [4.78, 5) is 29.2. The first-order valence-electron chi connectivity index (χ1n) is 12.6. The van der Waals surface area contributed by atoms with E-state index in [4.69, 9.17) is 0 Å². The third-order valence-corrected chi connectivity index (χ3v) is 10.6. The zero-order valence-electron chi connectivity index (χ0n) is 21.4. The lowest BCUT2D eigenvalue weighted by atomic mass is 9.77. The molecule has 0 radical (unpaired) electrons. The number of ketones is 1. The van der Waals surface area contributed by atoms with Crippen molar-refractivity contribution in [2.75, 3.05) is 11.6 Å². The number of nitrogens with one attached hydrogen (secondary N) is 2. The number of amidine groups is 1. The summed E-state index contributed by atoms with van der Waals surface area (Å²) in [5, 5.41) is 4.58. The van der Waals surface area contributed by atoms with Crippen molar-refractivity contribution in [2.24, 2.45) is 16.2 Å². The highest BCUT2D eigenvalue weighted by Gasteiger charge is 2.51. The molecule has 1 saturated heterocycles. The molecule has 3 heterocycles. The van der Waals surface area contributed by atoms with E-state index in [1.54, 1.807) is 24.0 Å². The standard InChI is InChI=1S/C25H29FN4O6S3/c1-14-10-15(8-9-18(14)26)12-30-19-7-5-3-4-6-17(19)21(31)20(25(30)32)23-28-24-22(39(35,36)29-23)16(13-37-24)11-27-38(2,33)34/h8-10,13,17,19-20,27H,3-7,11-12H2,1-2H3,(H,28,29). The number of fused-ring (bicyclic) bond motifs is 2. The quantitative estimate of drug-likeness (QED) is 0.489. The largest absolute Gasteiger partial charge is 0.334 e. The molecule has 0 spiro atoms. The van der Waals surface area contributed by atoms with Gasteiger partial charge in [-0.3, -0.25) is 9.59 Å². The monoisotopic (exact) mass is 596 g/mol. The van der Waals surface area contributed by atoms with E-state index in [0.717, 1.165) is 36.9 Å². The number of thiophene rings is 1. The Morgan fingerprint density at radius 3 is 2.67 bits per heavy atom. The lowest BCUT2D eigenvalue weighted by molar-refractivity contribution is -0.151. The average Bonchev–Trinajstić information content (AvgIpc) is 3.11. The number of benzene rings is 1. The van der Waals surface area contributed by atoms with Crippen molar-refractivity contribution in [2.45, 2.75) is 63.1 Å². The van der Waals surface area contributed by atoms with E-state index in [1.165, 1.54) is 11.4 Å². The molecule has 3 atom stereocenters. The molecule has 210 valence electrons. The molecule has 10 nitrogen and oxygen atoms in total. The predicted molar refractivity (Wildman–Crippen MR) is 145 cm³/mol. The Labute approximate surface area is 230 Å². The van der Waals surface area contributed by atoms with E-state index < -0.39 is 37.8 Å². The zero-order valence-corrected chi connectivity index (χ0v) is 23.9. The van der Waals surface area contributed by atoms with Gasteiger partial charge in [0.2, 0.25) is 15.9 Å². The van der Waals surface area contributed by atoms with Crippen LogP contribution in [-0.4, -0.2) is 51.6 Å². The van der Waals surface area contributed by atoms with Gasteiger partial charge in [0.15, 0.2) is 11.7 Å². The van der Waals surface area contributed by atoms with Gasteiger partial charge in [-0.05, 0) is 42.3 Å². The molecule has 1 aromatic heterocycles. The molecule has 14 heteroatoms. The second kappa shape index (κ2) is 10.4. The number of Topliss-reactive ketones (excluding diaryl/α,β-unsaturated/α-hetero) is 1. The fraction of sp³-hybridized carbons (Fsp3) is 0.480. The first-order chi connectivity index (χ1) is 18.4. The lowest BCUT2D eigenvalue weighted by Gasteiger charge is -2.43. The van der Waals surface area contributed by atoms with Gasteiger partial charge >= 0.3 is 0 Å². The van der Waals surface area contributed by atoms with Gasteiger partial charge < -0.3 is 10.2 Å². The minimum Gasteiger partial charge on any atom is -0.334 e. The van der Waals surface area contributed by atoms with Crippen molar-refractivity contribution in [3.05, 3.63) is 46.1 Å². The molecule has 0 bridgehead atoms. The van der Waals surface area contributed by atoms with E-state index in [9.17, 15) is 30.8 Å². The van der Waals surface area contributed by atoms with Gasteiger partial charge in [0.05, 0.1) is 6.26 Å². The highest BCUT2D eigenvalue weighted by atomic mass is 32.2. The fourth-order valence-corrected chi connectivity index (χ4v) is 8.69. The molecular formula is C25H29FN4O6S3. The van der Waals surface area contributed by atoms with Crippen LogP contribution in [0, 0.1) is 24.6 Å². The Balaban J connectivity index is 1.50. The number of sulfonamides is 2. The summed E-state index contributed by atoms with van der Waals surface area (Å²) >= 11 is 1.03. The van der Waals surface area contributed by atoms with Crippen LogP contribution in [-0.2, 0) is 42.7 Å². The van der Waals surface area contributed by atoms with Crippen molar-refractivity contribution >= 4 is 53.9 Å². The summed E-state index contributed by atoms with van der Waals surface area (Å²) in [6, 6.07) is 4.29. The Hall–Kier alpha value is -2.68. The Morgan fingerprint density at radius 2 is 1.95 bits per heavy atom. The van der Waals surface area contributed by atoms with Crippen LogP contribution in [0.25, 0.3) is 0 Å². The summed E-state index contributed by atoms with van der Waals surface area (Å²) in [6.07, 6.45) is 4.81. The van der Waals surface area contributed by atoms with Gasteiger partial charge in [-0.2, -0.15) is 8.42 Å². The number of hydrogen-bond donors (Lipinski definition) is 2. The highest BCUT2D eigenvalue weighted by molar-refractivity contribution is 7.91. The topological polar surface area (TPSA) is 142 Å². The van der Waals surface area contributed by atoms with E-state index in [2.05, 4.69) is 14.4 Å². The number of hydrogen-bond acceptors (Lipinski definition) is 8. The molecule has 3 unspecified atom stereocenters. The third kappa shape index (κ3) is 5.52. The summed E-state index contributed by atoms with van der Waals surface area (Å²) < 4.78 is 69.6. The Bertz CT molecular complexity index is 1580. The second-order valence-corrected chi connectivity index (χ2v) is 14.5. The molecule has 39 heavy (non-hydrogen) atoms. The summed E-state index contributed by atoms with van der Waals surface area (Å²) in [5.74, 6) is -3.38. The number of aryl methyl sites for hydroxylation is 1. The molecule has 1 aromatic carbocycles. The molecule has 5 rings (SSSR count). The third-order valence-electron chi connectivity index (χ3n) is 7.47. The summed E-state index contributed by atoms with van der Waals surface area (Å²) in [7, 11) is -7.90. The van der Waals surface area contributed by atoms with Gasteiger partial charge in [-0.25, -0.2) is 17.5 Å². The van der Waals surface area contributed by atoms with E-state index in [0.29, 0.717) is 24.0 Å². The van der Waals surface area contributed by atoms with Gasteiger partial charge in [-0.15, -0.1) is 15.7 Å². The van der Waals surface area contributed by atoms with E-state index in [1.807, 2.05) is 0 Å². The molecule has 3 aliphatic rings. The number of halogens is 1. The SMILES string of the molecule is Cc1cc(CN2C(=O)C(C3=NS(=O)(=O)c4c(CNS(C)(=O)=O)csc4N3)C(=O)C3CCCCCC32)ccc1F. The molecule has 1 amide bonds. The average molecular weight is 597 g/mol. The van der Waals surface area contributed by atoms with Gasteiger partial charge in [0.25, 0.3) is 10.0 Å². The van der Waals surface area contributed by atoms with Crippen LogP contribution in [0.5, 0.6) is 0 Å². The number of rotatable bonds is 6. The van der Waals surface area contributed by atoms with Gasteiger partial charge in [0.1, 0.15) is 21.5 Å².